The minimum atomic E-state index is -3.91. The predicted octanol–water partition coefficient (Wildman–Crippen LogP) is 2.20. The average Bonchev–Trinajstić information content (AvgIpc) is 2.41. The average molecular weight is 291 g/mol. The van der Waals surface area contributed by atoms with E-state index in [4.69, 9.17) is 5.26 Å². The molecule has 0 saturated carbocycles. The minimum absolute atomic E-state index is 0.151. The first-order valence-corrected chi connectivity index (χ1v) is 7.06. The van der Waals surface area contributed by atoms with E-state index >= 15 is 0 Å². The molecule has 0 unspecified atom stereocenters. The first kappa shape index (κ1) is 14.0. The molecule has 5 nitrogen and oxygen atoms in total. The number of benzene rings is 1. The van der Waals surface area contributed by atoms with Gasteiger partial charge in [-0.15, -0.1) is 0 Å². The molecule has 0 amide bonds. The molecule has 20 heavy (non-hydrogen) atoms. The topological polar surface area (TPSA) is 82.9 Å². The molecule has 2 aromatic rings. The molecule has 1 heterocycles. The third-order valence-corrected chi connectivity index (χ3v) is 3.87. The Bertz CT molecular complexity index is 780. The summed E-state index contributed by atoms with van der Waals surface area (Å²) in [5, 5.41) is 8.71. The van der Waals surface area contributed by atoms with Gasteiger partial charge in [0.2, 0.25) is 0 Å². The fraction of sp³-hybridized carbons (Fsp3) is 0.0769. The van der Waals surface area contributed by atoms with Gasteiger partial charge >= 0.3 is 0 Å². The quantitative estimate of drug-likeness (QED) is 0.939. The lowest BCUT2D eigenvalue weighted by atomic mass is 10.2. The van der Waals surface area contributed by atoms with Gasteiger partial charge in [-0.1, -0.05) is 6.07 Å². The van der Waals surface area contributed by atoms with Crippen molar-refractivity contribution in [1.82, 2.24) is 4.98 Å². The van der Waals surface area contributed by atoms with Gasteiger partial charge in [-0.25, -0.2) is 17.8 Å². The second-order valence-electron chi connectivity index (χ2n) is 4.08. The third kappa shape index (κ3) is 2.92. The number of aromatic nitrogens is 1. The Morgan fingerprint density at radius 3 is 2.65 bits per heavy atom. The number of anilines is 1. The molecular weight excluding hydrogens is 281 g/mol. The molecule has 1 N–H and O–H groups in total. The van der Waals surface area contributed by atoms with Crippen molar-refractivity contribution < 1.29 is 12.8 Å². The Hall–Kier alpha value is -2.46. The molecule has 1 aromatic carbocycles. The van der Waals surface area contributed by atoms with Gasteiger partial charge in [-0.05, 0) is 36.8 Å². The predicted molar refractivity (Wildman–Crippen MR) is 70.9 cm³/mol. The van der Waals surface area contributed by atoms with Gasteiger partial charge in [-0.3, -0.25) is 4.72 Å². The summed E-state index contributed by atoms with van der Waals surface area (Å²) in [6, 6.07) is 7.82. The number of rotatable bonds is 3. The molecule has 7 heteroatoms. The van der Waals surface area contributed by atoms with Crippen molar-refractivity contribution in [3.05, 3.63) is 53.5 Å². The van der Waals surface area contributed by atoms with Crippen LogP contribution in [0.1, 0.15) is 11.1 Å². The van der Waals surface area contributed by atoms with E-state index in [2.05, 4.69) is 9.71 Å². The van der Waals surface area contributed by atoms with Crippen LogP contribution in [0.4, 0.5) is 10.2 Å². The summed E-state index contributed by atoms with van der Waals surface area (Å²) in [5.74, 6) is -0.613. The molecule has 1 aromatic heterocycles. The molecule has 0 atom stereocenters. The van der Waals surface area contributed by atoms with Crippen LogP contribution in [0.3, 0.4) is 0 Å². The van der Waals surface area contributed by atoms with Gasteiger partial charge in [0.05, 0.1) is 10.5 Å². The van der Waals surface area contributed by atoms with E-state index in [1.165, 1.54) is 12.3 Å². The zero-order valence-corrected chi connectivity index (χ0v) is 11.3. The number of sulfonamides is 1. The minimum Gasteiger partial charge on any atom is -0.263 e. The summed E-state index contributed by atoms with van der Waals surface area (Å²) in [7, 11) is -3.91. The fourth-order valence-corrected chi connectivity index (χ4v) is 2.52. The van der Waals surface area contributed by atoms with Crippen molar-refractivity contribution in [2.24, 2.45) is 0 Å². The first-order chi connectivity index (χ1) is 9.42. The van der Waals surface area contributed by atoms with Crippen LogP contribution in [0.2, 0.25) is 0 Å². The van der Waals surface area contributed by atoms with Crippen molar-refractivity contribution >= 4 is 15.8 Å². The molecule has 0 radical (unpaired) electrons. The van der Waals surface area contributed by atoms with Crippen LogP contribution in [-0.4, -0.2) is 13.4 Å². The molecule has 0 aliphatic heterocycles. The van der Waals surface area contributed by atoms with Crippen LogP contribution in [0.5, 0.6) is 0 Å². The Morgan fingerprint density at radius 2 is 2.05 bits per heavy atom. The van der Waals surface area contributed by atoms with Crippen LogP contribution in [0, 0.1) is 24.1 Å². The summed E-state index contributed by atoms with van der Waals surface area (Å²) in [6.45, 7) is 1.82. The van der Waals surface area contributed by atoms with E-state index < -0.39 is 15.8 Å². The monoisotopic (exact) mass is 291 g/mol. The number of pyridine rings is 1. The second-order valence-corrected chi connectivity index (χ2v) is 5.76. The Labute approximate surface area is 115 Å². The lowest BCUT2D eigenvalue weighted by Gasteiger charge is -2.07. The van der Waals surface area contributed by atoms with E-state index in [0.717, 1.165) is 23.8 Å². The molecule has 0 aliphatic rings. The summed E-state index contributed by atoms with van der Waals surface area (Å²) >= 11 is 0. The van der Waals surface area contributed by atoms with E-state index in [0.29, 0.717) is 0 Å². The SMILES string of the molecule is Cc1ccc(NS(=O)(=O)c2ccc(F)c(C#N)c2)nc1. The van der Waals surface area contributed by atoms with Crippen molar-refractivity contribution in [3.63, 3.8) is 0 Å². The van der Waals surface area contributed by atoms with Crippen molar-refractivity contribution in [2.75, 3.05) is 4.72 Å². The first-order valence-electron chi connectivity index (χ1n) is 5.57. The summed E-state index contributed by atoms with van der Waals surface area (Å²) < 4.78 is 39.6. The highest BCUT2D eigenvalue weighted by Crippen LogP contribution is 2.17. The van der Waals surface area contributed by atoms with Crippen molar-refractivity contribution in [1.29, 1.82) is 5.26 Å². The highest BCUT2D eigenvalue weighted by atomic mass is 32.2. The summed E-state index contributed by atoms with van der Waals surface area (Å²) in [6.07, 6.45) is 1.52. The van der Waals surface area contributed by atoms with Gasteiger partial charge in [-0.2, -0.15) is 5.26 Å². The van der Waals surface area contributed by atoms with Crippen LogP contribution in [0.15, 0.2) is 41.4 Å². The molecule has 0 spiro atoms. The second kappa shape index (κ2) is 5.27. The number of nitrogens with zero attached hydrogens (tertiary/aromatic N) is 2. The molecular formula is C13H10FN3O2S. The van der Waals surface area contributed by atoms with Crippen LogP contribution in [-0.2, 0) is 10.0 Å². The van der Waals surface area contributed by atoms with Gasteiger partial charge in [0.1, 0.15) is 17.7 Å². The van der Waals surface area contributed by atoms with Crippen molar-refractivity contribution in [2.45, 2.75) is 11.8 Å². The van der Waals surface area contributed by atoms with Gasteiger partial charge in [0.15, 0.2) is 0 Å². The highest BCUT2D eigenvalue weighted by molar-refractivity contribution is 7.92. The van der Waals surface area contributed by atoms with Crippen LogP contribution < -0.4 is 4.72 Å². The number of aryl methyl sites for hydroxylation is 1. The van der Waals surface area contributed by atoms with Gasteiger partial charge in [0, 0.05) is 6.20 Å². The van der Waals surface area contributed by atoms with E-state index in [1.54, 1.807) is 12.1 Å². The molecule has 102 valence electrons. The smallest absolute Gasteiger partial charge is 0.263 e. The zero-order chi connectivity index (χ0) is 14.8. The number of hydrogen-bond acceptors (Lipinski definition) is 4. The Kier molecular flexibility index (Phi) is 3.68. The van der Waals surface area contributed by atoms with Crippen molar-refractivity contribution in [3.8, 4) is 6.07 Å². The van der Waals surface area contributed by atoms with Crippen LogP contribution >= 0.6 is 0 Å². The molecule has 0 saturated heterocycles. The Balaban J connectivity index is 2.36. The van der Waals surface area contributed by atoms with Crippen LogP contribution in [0.25, 0.3) is 0 Å². The zero-order valence-electron chi connectivity index (χ0n) is 10.5. The van der Waals surface area contributed by atoms with E-state index in [1.807, 2.05) is 6.92 Å². The summed E-state index contributed by atoms with van der Waals surface area (Å²) in [5.41, 5.74) is 0.561. The number of halogens is 1. The maximum Gasteiger partial charge on any atom is 0.263 e. The molecule has 0 fully saturated rings. The van der Waals surface area contributed by atoms with E-state index in [-0.39, 0.29) is 16.3 Å². The fourth-order valence-electron chi connectivity index (χ4n) is 1.48. The summed E-state index contributed by atoms with van der Waals surface area (Å²) in [4.78, 5) is 3.72. The normalized spacial score (nSPS) is 10.8. The number of nitrogens with one attached hydrogen (secondary N) is 1. The Morgan fingerprint density at radius 1 is 1.30 bits per heavy atom. The standard InChI is InChI=1S/C13H10FN3O2S/c1-9-2-5-13(16-8-9)17-20(18,19)11-3-4-12(14)10(6-11)7-15/h2-6,8H,1H3,(H,16,17). The third-order valence-electron chi connectivity index (χ3n) is 2.52. The highest BCUT2D eigenvalue weighted by Gasteiger charge is 2.16. The van der Waals surface area contributed by atoms with E-state index in [9.17, 15) is 12.8 Å². The largest absolute Gasteiger partial charge is 0.263 e. The number of hydrogen-bond donors (Lipinski definition) is 1. The maximum atomic E-state index is 13.2. The number of nitriles is 1. The van der Waals surface area contributed by atoms with Gasteiger partial charge < -0.3 is 0 Å². The molecule has 0 aliphatic carbocycles. The lowest BCUT2D eigenvalue weighted by Crippen LogP contribution is -2.14. The van der Waals surface area contributed by atoms with Gasteiger partial charge in [0.25, 0.3) is 10.0 Å². The molecule has 2 rings (SSSR count). The maximum absolute atomic E-state index is 13.2. The lowest BCUT2D eigenvalue weighted by molar-refractivity contribution is 0.599. The molecule has 0 bridgehead atoms.